The van der Waals surface area contributed by atoms with Crippen molar-refractivity contribution in [1.82, 2.24) is 5.43 Å². The van der Waals surface area contributed by atoms with Crippen molar-refractivity contribution in [1.29, 1.82) is 0 Å². The Morgan fingerprint density at radius 3 is 2.67 bits per heavy atom. The van der Waals surface area contributed by atoms with Gasteiger partial charge in [-0.05, 0) is 68.9 Å². The standard InChI is InChI=1S/C13H14BrFN2S/c14-12-7-9(1-2-13(12)15)5-11(17-16)6-10-3-4-18-8-10/h1-4,7-8,11,17H,5-6,16H2. The number of benzene rings is 1. The topological polar surface area (TPSA) is 38.0 Å². The number of hydrogen-bond acceptors (Lipinski definition) is 3. The number of halogens is 2. The van der Waals surface area contributed by atoms with Gasteiger partial charge in [0.2, 0.25) is 0 Å². The molecule has 0 amide bonds. The van der Waals surface area contributed by atoms with E-state index in [1.54, 1.807) is 23.5 Å². The van der Waals surface area contributed by atoms with Crippen molar-refractivity contribution in [3.63, 3.8) is 0 Å². The summed E-state index contributed by atoms with van der Waals surface area (Å²) in [5, 5.41) is 4.17. The first-order chi connectivity index (χ1) is 8.69. The van der Waals surface area contributed by atoms with Crippen LogP contribution in [0.5, 0.6) is 0 Å². The first-order valence-electron chi connectivity index (χ1n) is 5.60. The summed E-state index contributed by atoms with van der Waals surface area (Å²) in [5.74, 6) is 5.33. The van der Waals surface area contributed by atoms with E-state index in [0.29, 0.717) is 4.47 Å². The summed E-state index contributed by atoms with van der Waals surface area (Å²) >= 11 is 4.87. The second-order valence-corrected chi connectivity index (χ2v) is 5.79. The lowest BCUT2D eigenvalue weighted by molar-refractivity contribution is 0.522. The van der Waals surface area contributed by atoms with Crippen LogP contribution in [0.1, 0.15) is 11.1 Å². The minimum Gasteiger partial charge on any atom is -0.271 e. The zero-order valence-corrected chi connectivity index (χ0v) is 12.1. The number of nitrogens with one attached hydrogen (secondary N) is 1. The highest BCUT2D eigenvalue weighted by Gasteiger charge is 2.10. The molecule has 2 rings (SSSR count). The van der Waals surface area contributed by atoms with E-state index in [4.69, 9.17) is 5.84 Å². The van der Waals surface area contributed by atoms with Gasteiger partial charge in [-0.15, -0.1) is 0 Å². The van der Waals surface area contributed by atoms with E-state index in [1.165, 1.54) is 11.6 Å². The number of rotatable bonds is 5. The zero-order valence-electron chi connectivity index (χ0n) is 9.70. The van der Waals surface area contributed by atoms with E-state index in [9.17, 15) is 4.39 Å². The summed E-state index contributed by atoms with van der Waals surface area (Å²) in [6, 6.07) is 7.30. The highest BCUT2D eigenvalue weighted by Crippen LogP contribution is 2.18. The zero-order chi connectivity index (χ0) is 13.0. The number of thiophene rings is 1. The second kappa shape index (κ2) is 6.43. The van der Waals surface area contributed by atoms with Gasteiger partial charge in [0.1, 0.15) is 5.82 Å². The Hall–Kier alpha value is -0.750. The van der Waals surface area contributed by atoms with Crippen LogP contribution in [-0.2, 0) is 12.8 Å². The molecule has 0 aliphatic heterocycles. The molecular weight excluding hydrogens is 315 g/mol. The minimum atomic E-state index is -0.242. The third-order valence-corrected chi connectivity index (χ3v) is 4.10. The predicted molar refractivity (Wildman–Crippen MR) is 76.9 cm³/mol. The van der Waals surface area contributed by atoms with E-state index >= 15 is 0 Å². The van der Waals surface area contributed by atoms with Crippen LogP contribution < -0.4 is 11.3 Å². The highest BCUT2D eigenvalue weighted by molar-refractivity contribution is 9.10. The van der Waals surface area contributed by atoms with Gasteiger partial charge in [0.15, 0.2) is 0 Å². The van der Waals surface area contributed by atoms with Crippen molar-refractivity contribution < 1.29 is 4.39 Å². The van der Waals surface area contributed by atoms with Gasteiger partial charge in [0.05, 0.1) is 4.47 Å². The third-order valence-electron chi connectivity index (χ3n) is 2.76. The van der Waals surface area contributed by atoms with Crippen LogP contribution in [-0.4, -0.2) is 6.04 Å². The normalized spacial score (nSPS) is 12.6. The third kappa shape index (κ3) is 3.62. The van der Waals surface area contributed by atoms with Crippen molar-refractivity contribution in [3.05, 3.63) is 56.4 Å². The van der Waals surface area contributed by atoms with E-state index in [2.05, 4.69) is 38.2 Å². The molecule has 0 bridgehead atoms. The summed E-state index contributed by atoms with van der Waals surface area (Å²) in [6.45, 7) is 0. The lowest BCUT2D eigenvalue weighted by Crippen LogP contribution is -2.38. The molecule has 18 heavy (non-hydrogen) atoms. The lowest BCUT2D eigenvalue weighted by atomic mass is 10.0. The molecule has 96 valence electrons. The van der Waals surface area contributed by atoms with Crippen LogP contribution in [0, 0.1) is 5.82 Å². The molecule has 0 saturated carbocycles. The Morgan fingerprint density at radius 2 is 2.06 bits per heavy atom. The first-order valence-corrected chi connectivity index (χ1v) is 7.33. The molecule has 0 radical (unpaired) electrons. The molecule has 3 N–H and O–H groups in total. The molecule has 0 spiro atoms. The van der Waals surface area contributed by atoms with Crippen LogP contribution in [0.2, 0.25) is 0 Å². The molecule has 0 aliphatic rings. The van der Waals surface area contributed by atoms with Gasteiger partial charge in [0.25, 0.3) is 0 Å². The van der Waals surface area contributed by atoms with E-state index in [1.807, 2.05) is 0 Å². The molecule has 1 atom stereocenters. The van der Waals surface area contributed by atoms with Gasteiger partial charge < -0.3 is 0 Å². The molecule has 1 heterocycles. The van der Waals surface area contributed by atoms with Crippen LogP contribution in [0.4, 0.5) is 4.39 Å². The number of nitrogens with two attached hydrogens (primary N) is 1. The quantitative estimate of drug-likeness (QED) is 0.653. The molecule has 2 aromatic rings. The predicted octanol–water partition coefficient (Wildman–Crippen LogP) is 3.27. The molecule has 1 aromatic carbocycles. The molecule has 1 unspecified atom stereocenters. The van der Waals surface area contributed by atoms with Gasteiger partial charge in [-0.2, -0.15) is 11.3 Å². The van der Waals surface area contributed by atoms with Crippen molar-refractivity contribution in [3.8, 4) is 0 Å². The molecular formula is C13H14BrFN2S. The maximum absolute atomic E-state index is 13.1. The van der Waals surface area contributed by atoms with Crippen molar-refractivity contribution >= 4 is 27.3 Å². The Balaban J connectivity index is 2.03. The minimum absolute atomic E-state index is 0.150. The second-order valence-electron chi connectivity index (χ2n) is 4.15. The summed E-state index contributed by atoms with van der Waals surface area (Å²) < 4.78 is 13.6. The number of hydrazine groups is 1. The Labute approximate surface area is 118 Å². The maximum atomic E-state index is 13.1. The summed E-state index contributed by atoms with van der Waals surface area (Å²) in [7, 11) is 0. The monoisotopic (exact) mass is 328 g/mol. The summed E-state index contributed by atoms with van der Waals surface area (Å²) in [5.41, 5.74) is 5.14. The van der Waals surface area contributed by atoms with Gasteiger partial charge in [-0.3, -0.25) is 11.3 Å². The van der Waals surface area contributed by atoms with Crippen LogP contribution >= 0.6 is 27.3 Å². The number of hydrogen-bond donors (Lipinski definition) is 2. The van der Waals surface area contributed by atoms with Crippen molar-refractivity contribution in [2.75, 3.05) is 0 Å². The fraction of sp³-hybridized carbons (Fsp3) is 0.231. The van der Waals surface area contributed by atoms with Gasteiger partial charge >= 0.3 is 0 Å². The van der Waals surface area contributed by atoms with Gasteiger partial charge in [0, 0.05) is 6.04 Å². The summed E-state index contributed by atoms with van der Waals surface area (Å²) in [6.07, 6.45) is 1.64. The Bertz CT molecular complexity index is 502. The first kappa shape index (κ1) is 13.7. The fourth-order valence-electron chi connectivity index (χ4n) is 1.83. The Kier molecular flexibility index (Phi) is 4.88. The largest absolute Gasteiger partial charge is 0.271 e. The van der Waals surface area contributed by atoms with E-state index in [-0.39, 0.29) is 11.9 Å². The van der Waals surface area contributed by atoms with Crippen LogP contribution in [0.3, 0.4) is 0 Å². The average molecular weight is 329 g/mol. The molecule has 1 aromatic heterocycles. The summed E-state index contributed by atoms with van der Waals surface area (Å²) in [4.78, 5) is 0. The molecule has 0 saturated heterocycles. The SMILES string of the molecule is NNC(Cc1ccsc1)Cc1ccc(F)c(Br)c1. The van der Waals surface area contributed by atoms with Crippen LogP contribution in [0.15, 0.2) is 39.5 Å². The van der Waals surface area contributed by atoms with E-state index < -0.39 is 0 Å². The highest BCUT2D eigenvalue weighted by atomic mass is 79.9. The van der Waals surface area contributed by atoms with Crippen molar-refractivity contribution in [2.45, 2.75) is 18.9 Å². The molecule has 5 heteroatoms. The van der Waals surface area contributed by atoms with Gasteiger partial charge in [-0.25, -0.2) is 4.39 Å². The van der Waals surface area contributed by atoms with E-state index in [0.717, 1.165) is 18.4 Å². The maximum Gasteiger partial charge on any atom is 0.137 e. The average Bonchev–Trinajstić information content (AvgIpc) is 2.86. The Morgan fingerprint density at radius 1 is 1.28 bits per heavy atom. The lowest BCUT2D eigenvalue weighted by Gasteiger charge is -2.15. The smallest absolute Gasteiger partial charge is 0.137 e. The van der Waals surface area contributed by atoms with Crippen molar-refractivity contribution in [2.24, 2.45) is 5.84 Å². The van der Waals surface area contributed by atoms with Crippen LogP contribution in [0.25, 0.3) is 0 Å². The van der Waals surface area contributed by atoms with Gasteiger partial charge in [-0.1, -0.05) is 6.07 Å². The fourth-order valence-corrected chi connectivity index (χ4v) is 2.94. The molecule has 2 nitrogen and oxygen atoms in total. The molecule has 0 aliphatic carbocycles. The molecule has 0 fully saturated rings.